The van der Waals surface area contributed by atoms with Gasteiger partial charge >= 0.3 is 0 Å². The maximum Gasteiger partial charge on any atom is 0.0954 e. The molecule has 0 unspecified atom stereocenters. The first-order chi connectivity index (χ1) is 4.74. The average molecular weight is 212 g/mol. The molecular weight excluding hydrogens is 201 g/mol. The fourth-order valence-electron chi connectivity index (χ4n) is 0.649. The smallest absolute Gasteiger partial charge is 0.0954 e. The summed E-state index contributed by atoms with van der Waals surface area (Å²) in [4.78, 5) is 4.31. The largest absolute Gasteiger partial charge is 0.245 e. The van der Waals surface area contributed by atoms with Crippen molar-refractivity contribution in [1.82, 2.24) is 4.98 Å². The fourth-order valence-corrected chi connectivity index (χ4v) is 1.71. The van der Waals surface area contributed by atoms with Crippen molar-refractivity contribution in [2.24, 2.45) is 0 Å². The predicted octanol–water partition coefficient (Wildman–Crippen LogP) is 3.43. The first-order valence-electron chi connectivity index (χ1n) is 3.24. The molecule has 0 N–H and O–H groups in total. The van der Waals surface area contributed by atoms with Crippen molar-refractivity contribution in [1.29, 1.82) is 0 Å². The summed E-state index contributed by atoms with van der Waals surface area (Å²) in [6.45, 7) is 4.27. The highest BCUT2D eigenvalue weighted by Gasteiger charge is 2.03. The summed E-state index contributed by atoms with van der Waals surface area (Å²) in [5, 5.41) is 3.19. The van der Waals surface area contributed by atoms with Gasteiger partial charge in [-0.1, -0.05) is 13.8 Å². The molecule has 1 heterocycles. The molecule has 4 heteroatoms. The number of rotatable bonds is 2. The molecule has 0 radical (unpaired) electrons. The van der Waals surface area contributed by atoms with Crippen LogP contribution in [0.1, 0.15) is 30.5 Å². The van der Waals surface area contributed by atoms with Gasteiger partial charge in [0.05, 0.1) is 16.6 Å². The molecule has 64 valence electrons. The zero-order chi connectivity index (χ0) is 7.56. The van der Waals surface area contributed by atoms with E-state index >= 15 is 0 Å². The van der Waals surface area contributed by atoms with E-state index in [1.807, 2.05) is 5.38 Å². The van der Waals surface area contributed by atoms with Crippen LogP contribution in [0.2, 0.25) is 0 Å². The van der Waals surface area contributed by atoms with E-state index in [4.69, 9.17) is 11.6 Å². The molecule has 0 spiro atoms. The van der Waals surface area contributed by atoms with Crippen molar-refractivity contribution < 1.29 is 0 Å². The van der Waals surface area contributed by atoms with Gasteiger partial charge in [-0.3, -0.25) is 0 Å². The van der Waals surface area contributed by atoms with Gasteiger partial charge in [-0.15, -0.1) is 35.3 Å². The van der Waals surface area contributed by atoms with Crippen LogP contribution in [0.15, 0.2) is 5.38 Å². The SMILES string of the molecule is CC(C)c1nc(CCl)cs1.Cl. The van der Waals surface area contributed by atoms with Gasteiger partial charge in [0, 0.05) is 11.3 Å². The molecule has 1 nitrogen and oxygen atoms in total. The Bertz CT molecular complexity index is 210. The predicted molar refractivity (Wildman–Crippen MR) is 53.0 cm³/mol. The minimum absolute atomic E-state index is 0. The Kier molecular flexibility index (Phi) is 5.06. The van der Waals surface area contributed by atoms with Gasteiger partial charge in [-0.2, -0.15) is 0 Å². The number of thiazole rings is 1. The van der Waals surface area contributed by atoms with Crippen molar-refractivity contribution in [3.8, 4) is 0 Å². The third-order valence-electron chi connectivity index (χ3n) is 1.20. The van der Waals surface area contributed by atoms with E-state index < -0.39 is 0 Å². The Morgan fingerprint density at radius 3 is 2.55 bits per heavy atom. The Hall–Kier alpha value is 0.210. The lowest BCUT2D eigenvalue weighted by atomic mass is 10.2. The Morgan fingerprint density at radius 2 is 2.27 bits per heavy atom. The topological polar surface area (TPSA) is 12.9 Å². The minimum Gasteiger partial charge on any atom is -0.245 e. The lowest BCUT2D eigenvalue weighted by Gasteiger charge is -1.95. The maximum absolute atomic E-state index is 5.59. The van der Waals surface area contributed by atoms with E-state index in [1.165, 1.54) is 5.01 Å². The second kappa shape index (κ2) is 4.96. The third kappa shape index (κ3) is 2.97. The monoisotopic (exact) mass is 211 g/mol. The first kappa shape index (κ1) is 11.2. The summed E-state index contributed by atoms with van der Waals surface area (Å²) < 4.78 is 0. The third-order valence-corrected chi connectivity index (χ3v) is 2.67. The number of halogens is 2. The Labute approximate surface area is 82.2 Å². The number of hydrogen-bond acceptors (Lipinski definition) is 2. The zero-order valence-corrected chi connectivity index (χ0v) is 8.89. The summed E-state index contributed by atoms with van der Waals surface area (Å²) in [6.07, 6.45) is 0. The van der Waals surface area contributed by atoms with Gasteiger partial charge in [-0.25, -0.2) is 4.98 Å². The van der Waals surface area contributed by atoms with Gasteiger partial charge in [0.15, 0.2) is 0 Å². The average Bonchev–Trinajstić information content (AvgIpc) is 2.34. The van der Waals surface area contributed by atoms with Crippen LogP contribution in [0.5, 0.6) is 0 Å². The van der Waals surface area contributed by atoms with Crippen molar-refractivity contribution in [3.05, 3.63) is 16.1 Å². The molecule has 0 atom stereocenters. The summed E-state index contributed by atoms with van der Waals surface area (Å²) in [7, 11) is 0. The highest BCUT2D eigenvalue weighted by atomic mass is 35.5. The lowest BCUT2D eigenvalue weighted by molar-refractivity contribution is 0.846. The number of nitrogens with zero attached hydrogens (tertiary/aromatic N) is 1. The van der Waals surface area contributed by atoms with Crippen LogP contribution in [-0.4, -0.2) is 4.98 Å². The standard InChI is InChI=1S/C7H10ClNS.ClH/c1-5(2)7-9-6(3-8)4-10-7;/h4-5H,3H2,1-2H3;1H. The van der Waals surface area contributed by atoms with E-state index in [1.54, 1.807) is 11.3 Å². The molecule has 0 aliphatic carbocycles. The second-order valence-electron chi connectivity index (χ2n) is 2.47. The van der Waals surface area contributed by atoms with Gasteiger partial charge in [0.25, 0.3) is 0 Å². The Balaban J connectivity index is 0.000001000. The maximum atomic E-state index is 5.59. The summed E-state index contributed by atoms with van der Waals surface area (Å²) in [5.74, 6) is 1.06. The molecular formula is C7H11Cl2NS. The zero-order valence-electron chi connectivity index (χ0n) is 6.50. The molecule has 1 aromatic heterocycles. The summed E-state index contributed by atoms with van der Waals surface area (Å²) in [5.41, 5.74) is 0.996. The summed E-state index contributed by atoms with van der Waals surface area (Å²) >= 11 is 7.28. The molecule has 0 bridgehead atoms. The van der Waals surface area contributed by atoms with Crippen molar-refractivity contribution in [2.45, 2.75) is 25.6 Å². The van der Waals surface area contributed by atoms with E-state index in [-0.39, 0.29) is 12.4 Å². The molecule has 0 aliphatic rings. The van der Waals surface area contributed by atoms with Gasteiger partial charge < -0.3 is 0 Å². The first-order valence-corrected chi connectivity index (χ1v) is 4.65. The Morgan fingerprint density at radius 1 is 1.64 bits per heavy atom. The van der Waals surface area contributed by atoms with Crippen molar-refractivity contribution >= 4 is 35.3 Å². The highest BCUT2D eigenvalue weighted by molar-refractivity contribution is 7.09. The van der Waals surface area contributed by atoms with Crippen LogP contribution in [0.4, 0.5) is 0 Å². The number of alkyl halides is 1. The molecule has 1 aromatic rings. The van der Waals surface area contributed by atoms with E-state index in [9.17, 15) is 0 Å². The van der Waals surface area contributed by atoms with Crippen molar-refractivity contribution in [3.63, 3.8) is 0 Å². The van der Waals surface area contributed by atoms with Crippen LogP contribution < -0.4 is 0 Å². The van der Waals surface area contributed by atoms with Gasteiger partial charge in [-0.05, 0) is 0 Å². The minimum atomic E-state index is 0. The van der Waals surface area contributed by atoms with Crippen LogP contribution >= 0.6 is 35.3 Å². The number of aromatic nitrogens is 1. The fraction of sp³-hybridized carbons (Fsp3) is 0.571. The molecule has 0 aliphatic heterocycles. The van der Waals surface area contributed by atoms with E-state index in [2.05, 4.69) is 18.8 Å². The quantitative estimate of drug-likeness (QED) is 0.684. The van der Waals surface area contributed by atoms with Gasteiger partial charge in [0.2, 0.25) is 0 Å². The second-order valence-corrected chi connectivity index (χ2v) is 3.62. The number of hydrogen-bond donors (Lipinski definition) is 0. The lowest BCUT2D eigenvalue weighted by Crippen LogP contribution is -1.85. The van der Waals surface area contributed by atoms with Gasteiger partial charge in [0.1, 0.15) is 0 Å². The van der Waals surface area contributed by atoms with E-state index in [0.717, 1.165) is 5.69 Å². The molecule has 11 heavy (non-hydrogen) atoms. The highest BCUT2D eigenvalue weighted by Crippen LogP contribution is 2.19. The van der Waals surface area contributed by atoms with Crippen LogP contribution in [0.25, 0.3) is 0 Å². The molecule has 0 saturated heterocycles. The van der Waals surface area contributed by atoms with Crippen LogP contribution in [-0.2, 0) is 5.88 Å². The summed E-state index contributed by atoms with van der Waals surface area (Å²) in [6, 6.07) is 0. The molecule has 0 aromatic carbocycles. The van der Waals surface area contributed by atoms with Crippen LogP contribution in [0, 0.1) is 0 Å². The molecule has 1 rings (SSSR count). The molecule has 0 fully saturated rings. The van der Waals surface area contributed by atoms with Crippen molar-refractivity contribution in [2.75, 3.05) is 0 Å². The molecule has 0 saturated carbocycles. The van der Waals surface area contributed by atoms with Crippen LogP contribution in [0.3, 0.4) is 0 Å². The van der Waals surface area contributed by atoms with E-state index in [0.29, 0.717) is 11.8 Å². The normalized spacial score (nSPS) is 9.82. The molecule has 0 amide bonds.